The molecule has 0 saturated carbocycles. The summed E-state index contributed by atoms with van der Waals surface area (Å²) in [6.07, 6.45) is 3.84. The Hall–Kier alpha value is -5.04. The second-order valence-corrected chi connectivity index (χ2v) is 10.7. The fourth-order valence-corrected chi connectivity index (χ4v) is 6.14. The highest BCUT2D eigenvalue weighted by molar-refractivity contribution is 5.86. The SMILES string of the molecule is COc1cc(C=CCOCCOc2ccc(C3(c4ccc(OCCO)cc4)c4ccccc4-c4ccccc43)cc2)ccc1O. The predicted molar refractivity (Wildman–Crippen MR) is 176 cm³/mol. The minimum absolute atomic E-state index is 0.0267. The molecule has 0 saturated heterocycles. The highest BCUT2D eigenvalue weighted by atomic mass is 16.5. The summed E-state index contributed by atoms with van der Waals surface area (Å²) in [5.74, 6) is 2.05. The molecule has 228 valence electrons. The number of methoxy groups -OCH3 is 1. The van der Waals surface area contributed by atoms with Crippen molar-refractivity contribution < 1.29 is 29.2 Å². The number of phenols is 1. The molecule has 45 heavy (non-hydrogen) atoms. The number of aliphatic hydroxyl groups excluding tert-OH is 1. The molecular weight excluding hydrogens is 564 g/mol. The van der Waals surface area contributed by atoms with Gasteiger partial charge in [0.25, 0.3) is 0 Å². The molecule has 0 heterocycles. The fourth-order valence-electron chi connectivity index (χ4n) is 6.14. The summed E-state index contributed by atoms with van der Waals surface area (Å²) in [7, 11) is 1.53. The Morgan fingerprint density at radius 1 is 0.667 bits per heavy atom. The number of fused-ring (bicyclic) bond motifs is 3. The van der Waals surface area contributed by atoms with Crippen molar-refractivity contribution >= 4 is 6.08 Å². The third kappa shape index (κ3) is 6.03. The third-order valence-electron chi connectivity index (χ3n) is 8.11. The van der Waals surface area contributed by atoms with Crippen molar-refractivity contribution in [3.05, 3.63) is 149 Å². The van der Waals surface area contributed by atoms with Crippen molar-refractivity contribution in [1.82, 2.24) is 0 Å². The Morgan fingerprint density at radius 2 is 1.24 bits per heavy atom. The Morgan fingerprint density at radius 3 is 1.82 bits per heavy atom. The van der Waals surface area contributed by atoms with Crippen molar-refractivity contribution in [2.75, 3.05) is 40.1 Å². The van der Waals surface area contributed by atoms with Crippen molar-refractivity contribution in [2.24, 2.45) is 0 Å². The van der Waals surface area contributed by atoms with Crippen LogP contribution in [0.15, 0.2) is 121 Å². The van der Waals surface area contributed by atoms with Crippen molar-refractivity contribution in [1.29, 1.82) is 0 Å². The monoisotopic (exact) mass is 600 g/mol. The summed E-state index contributed by atoms with van der Waals surface area (Å²) in [6.45, 7) is 1.54. The number of rotatable bonds is 13. The molecule has 1 aliphatic rings. The lowest BCUT2D eigenvalue weighted by Crippen LogP contribution is -2.28. The minimum Gasteiger partial charge on any atom is -0.504 e. The maximum atomic E-state index is 9.75. The van der Waals surface area contributed by atoms with E-state index in [0.717, 1.165) is 28.2 Å². The van der Waals surface area contributed by atoms with Crippen molar-refractivity contribution in [3.8, 4) is 34.1 Å². The van der Waals surface area contributed by atoms with Crippen LogP contribution in [0.3, 0.4) is 0 Å². The first-order valence-electron chi connectivity index (χ1n) is 15.0. The van der Waals surface area contributed by atoms with Crippen LogP contribution < -0.4 is 14.2 Å². The van der Waals surface area contributed by atoms with E-state index >= 15 is 0 Å². The number of hydrogen-bond donors (Lipinski definition) is 2. The van der Waals surface area contributed by atoms with Gasteiger partial charge in [-0.2, -0.15) is 0 Å². The molecule has 1 aliphatic carbocycles. The lowest BCUT2D eigenvalue weighted by atomic mass is 9.68. The predicted octanol–water partition coefficient (Wildman–Crippen LogP) is 7.24. The van der Waals surface area contributed by atoms with Crippen LogP contribution in [0.4, 0.5) is 0 Å². The quantitative estimate of drug-likeness (QED) is 0.136. The van der Waals surface area contributed by atoms with Crippen LogP contribution in [0.2, 0.25) is 0 Å². The van der Waals surface area contributed by atoms with Gasteiger partial charge in [0, 0.05) is 0 Å². The lowest BCUT2D eigenvalue weighted by Gasteiger charge is -2.34. The second-order valence-electron chi connectivity index (χ2n) is 10.7. The molecule has 0 unspecified atom stereocenters. The Kier molecular flexibility index (Phi) is 9.15. The maximum absolute atomic E-state index is 9.75. The molecule has 6 nitrogen and oxygen atoms in total. The van der Waals surface area contributed by atoms with Gasteiger partial charge in [-0.1, -0.05) is 91.0 Å². The molecule has 0 amide bonds. The van der Waals surface area contributed by atoms with E-state index in [0.29, 0.717) is 25.6 Å². The molecule has 6 heteroatoms. The van der Waals surface area contributed by atoms with Gasteiger partial charge in [-0.25, -0.2) is 0 Å². The smallest absolute Gasteiger partial charge is 0.161 e. The normalized spacial score (nSPS) is 12.9. The summed E-state index contributed by atoms with van der Waals surface area (Å²) < 4.78 is 22.6. The summed E-state index contributed by atoms with van der Waals surface area (Å²) in [4.78, 5) is 0. The van der Waals surface area contributed by atoms with E-state index < -0.39 is 5.41 Å². The van der Waals surface area contributed by atoms with E-state index in [-0.39, 0.29) is 19.0 Å². The fraction of sp³-hybridized carbons (Fsp3) is 0.179. The molecule has 0 aliphatic heterocycles. The number of aliphatic hydroxyl groups is 1. The van der Waals surface area contributed by atoms with Crippen LogP contribution in [-0.4, -0.2) is 50.4 Å². The van der Waals surface area contributed by atoms with Gasteiger partial charge in [0.05, 0.1) is 32.3 Å². The number of hydrogen-bond acceptors (Lipinski definition) is 6. The molecule has 0 atom stereocenters. The summed E-state index contributed by atoms with van der Waals surface area (Å²) in [5, 5.41) is 18.9. The topological polar surface area (TPSA) is 77.4 Å². The molecule has 0 bridgehead atoms. The van der Waals surface area contributed by atoms with E-state index in [2.05, 4.69) is 72.8 Å². The number of phenolic OH excluding ortho intramolecular Hbond substituents is 1. The van der Waals surface area contributed by atoms with Gasteiger partial charge >= 0.3 is 0 Å². The van der Waals surface area contributed by atoms with Gasteiger partial charge in [-0.15, -0.1) is 0 Å². The first-order chi connectivity index (χ1) is 22.1. The van der Waals surface area contributed by atoms with E-state index in [1.165, 1.54) is 29.4 Å². The van der Waals surface area contributed by atoms with Crippen LogP contribution in [0.1, 0.15) is 27.8 Å². The van der Waals surface area contributed by atoms with Gasteiger partial charge in [0.1, 0.15) is 24.7 Å². The lowest BCUT2D eigenvalue weighted by molar-refractivity contribution is 0.121. The molecular formula is C39H36O6. The first kappa shape index (κ1) is 30.0. The third-order valence-corrected chi connectivity index (χ3v) is 8.11. The zero-order valence-electron chi connectivity index (χ0n) is 25.2. The molecule has 2 N–H and O–H groups in total. The molecule has 5 aromatic rings. The van der Waals surface area contributed by atoms with Crippen LogP contribution in [0.5, 0.6) is 23.0 Å². The number of benzene rings is 5. The second kappa shape index (κ2) is 13.7. The minimum atomic E-state index is -0.516. The Balaban J connectivity index is 1.18. The highest BCUT2D eigenvalue weighted by Gasteiger charge is 2.45. The molecule has 0 fully saturated rings. The molecule has 0 aromatic heterocycles. The zero-order chi connectivity index (χ0) is 31.1. The van der Waals surface area contributed by atoms with Gasteiger partial charge in [-0.3, -0.25) is 0 Å². The standard InChI is InChI=1S/C39H36O6/c1-42-38-27-28(12-21-37(38)41)7-6-23-43-25-26-45-32-19-15-30(16-20-32)39(29-13-17-31(18-14-29)44-24-22-40)35-10-4-2-8-33(35)34-9-3-5-11-36(34)39/h2-21,27,40-41H,22-26H2,1H3. The van der Waals surface area contributed by atoms with Crippen molar-refractivity contribution in [2.45, 2.75) is 5.41 Å². The number of aromatic hydroxyl groups is 1. The van der Waals surface area contributed by atoms with Crippen LogP contribution in [-0.2, 0) is 10.2 Å². The number of ether oxygens (including phenoxy) is 4. The highest BCUT2D eigenvalue weighted by Crippen LogP contribution is 2.56. The van der Waals surface area contributed by atoms with Gasteiger partial charge in [0.15, 0.2) is 11.5 Å². The van der Waals surface area contributed by atoms with Gasteiger partial charge in [0.2, 0.25) is 0 Å². The Bertz CT molecular complexity index is 1710. The summed E-state index contributed by atoms with van der Waals surface area (Å²) >= 11 is 0. The summed E-state index contributed by atoms with van der Waals surface area (Å²) in [6, 6.07) is 39.0. The van der Waals surface area contributed by atoms with E-state index in [4.69, 9.17) is 18.9 Å². The first-order valence-corrected chi connectivity index (χ1v) is 15.0. The molecule has 6 rings (SSSR count). The van der Waals surface area contributed by atoms with Crippen LogP contribution in [0.25, 0.3) is 17.2 Å². The largest absolute Gasteiger partial charge is 0.504 e. The van der Waals surface area contributed by atoms with E-state index in [9.17, 15) is 10.2 Å². The van der Waals surface area contributed by atoms with Gasteiger partial charge in [-0.05, 0) is 75.3 Å². The Labute approximate surface area is 263 Å². The average molecular weight is 601 g/mol. The molecule has 0 spiro atoms. The maximum Gasteiger partial charge on any atom is 0.161 e. The van der Waals surface area contributed by atoms with Crippen molar-refractivity contribution in [3.63, 3.8) is 0 Å². The zero-order valence-corrected chi connectivity index (χ0v) is 25.2. The summed E-state index contributed by atoms with van der Waals surface area (Å²) in [5.41, 5.74) is 7.60. The van der Waals surface area contributed by atoms with E-state index in [1.807, 2.05) is 42.5 Å². The average Bonchev–Trinajstić information content (AvgIpc) is 3.39. The van der Waals surface area contributed by atoms with Crippen LogP contribution >= 0.6 is 0 Å². The van der Waals surface area contributed by atoms with Crippen LogP contribution in [0, 0.1) is 0 Å². The van der Waals surface area contributed by atoms with Gasteiger partial charge < -0.3 is 29.2 Å². The molecule has 5 aromatic carbocycles. The van der Waals surface area contributed by atoms with E-state index in [1.54, 1.807) is 12.1 Å². The molecule has 0 radical (unpaired) electrons.